The third kappa shape index (κ3) is 1.95. The van der Waals surface area contributed by atoms with E-state index >= 15 is 0 Å². The van der Waals surface area contributed by atoms with Crippen LogP contribution in [-0.2, 0) is 0 Å². The highest BCUT2D eigenvalue weighted by Crippen LogP contribution is 2.31. The first kappa shape index (κ1) is 9.66. The zero-order valence-corrected chi connectivity index (χ0v) is 9.26. The van der Waals surface area contributed by atoms with Gasteiger partial charge in [0.1, 0.15) is 0 Å². The molecule has 0 N–H and O–H groups in total. The molecule has 2 heteroatoms. The maximum absolute atomic E-state index is 2.37. The minimum absolute atomic E-state index is 1.04. The fraction of sp³-hybridized carbons (Fsp3) is 0.333. The van der Waals surface area contributed by atoms with Crippen LogP contribution in [0.5, 0.6) is 0 Å². The summed E-state index contributed by atoms with van der Waals surface area (Å²) in [6.45, 7) is 3.25. The lowest BCUT2D eigenvalue weighted by Gasteiger charge is -2.23. The van der Waals surface area contributed by atoms with Gasteiger partial charge in [-0.1, -0.05) is 24.3 Å². The summed E-state index contributed by atoms with van der Waals surface area (Å²) in [6, 6.07) is 10.6. The number of benzene rings is 1. The van der Waals surface area contributed by atoms with Gasteiger partial charge < -0.3 is 4.90 Å². The van der Waals surface area contributed by atoms with E-state index in [0.29, 0.717) is 0 Å². The van der Waals surface area contributed by atoms with Crippen LogP contribution < -0.4 is 4.90 Å². The van der Waals surface area contributed by atoms with E-state index in [2.05, 4.69) is 48.2 Å². The quantitative estimate of drug-likeness (QED) is 0.743. The summed E-state index contributed by atoms with van der Waals surface area (Å²) in [5.41, 5.74) is 1.30. The third-order valence-electron chi connectivity index (χ3n) is 2.34. The molecule has 1 aromatic rings. The van der Waals surface area contributed by atoms with Crippen molar-refractivity contribution < 1.29 is 0 Å². The first-order chi connectivity index (χ1) is 6.92. The molecular weight excluding hydrogens is 190 g/mol. The molecule has 0 aliphatic carbocycles. The molecule has 1 aliphatic rings. The molecule has 0 aromatic heterocycles. The van der Waals surface area contributed by atoms with E-state index in [4.69, 9.17) is 0 Å². The number of para-hydroxylation sites is 1. The van der Waals surface area contributed by atoms with Crippen molar-refractivity contribution in [2.24, 2.45) is 0 Å². The molecule has 0 fully saturated rings. The molecular formula is C12H15NS. The Morgan fingerprint density at radius 1 is 1.29 bits per heavy atom. The van der Waals surface area contributed by atoms with Crippen molar-refractivity contribution in [3.8, 4) is 0 Å². The molecule has 0 atom stereocenters. The summed E-state index contributed by atoms with van der Waals surface area (Å²) >= 11 is 1.96. The van der Waals surface area contributed by atoms with Gasteiger partial charge in [0.15, 0.2) is 0 Å². The molecule has 74 valence electrons. The van der Waals surface area contributed by atoms with Gasteiger partial charge in [-0.3, -0.25) is 0 Å². The number of thioether (sulfide) groups is 1. The Morgan fingerprint density at radius 3 is 2.64 bits per heavy atom. The van der Waals surface area contributed by atoms with Crippen molar-refractivity contribution in [2.45, 2.75) is 13.3 Å². The van der Waals surface area contributed by atoms with Gasteiger partial charge in [-0.25, -0.2) is 0 Å². The molecule has 0 bridgehead atoms. The number of nitrogens with zero attached hydrogens (tertiary/aromatic N) is 1. The van der Waals surface area contributed by atoms with Gasteiger partial charge in [-0.05, 0) is 25.5 Å². The average molecular weight is 205 g/mol. The summed E-state index contributed by atoms with van der Waals surface area (Å²) in [7, 11) is 0. The predicted molar refractivity (Wildman–Crippen MR) is 64.6 cm³/mol. The molecule has 0 amide bonds. The van der Waals surface area contributed by atoms with Crippen LogP contribution in [0.4, 0.5) is 5.69 Å². The fourth-order valence-electron chi connectivity index (χ4n) is 1.67. The summed E-state index contributed by atoms with van der Waals surface area (Å²) in [4.78, 5) is 2.37. The minimum atomic E-state index is 1.04. The van der Waals surface area contributed by atoms with Crippen molar-refractivity contribution in [2.75, 3.05) is 17.2 Å². The van der Waals surface area contributed by atoms with Crippen molar-refractivity contribution in [1.82, 2.24) is 0 Å². The van der Waals surface area contributed by atoms with E-state index in [1.807, 2.05) is 11.8 Å². The second kappa shape index (κ2) is 4.56. The molecule has 1 nitrogen and oxygen atoms in total. The molecule has 1 heterocycles. The Bertz CT molecular complexity index is 318. The van der Waals surface area contributed by atoms with Crippen LogP contribution in [0.2, 0.25) is 0 Å². The van der Waals surface area contributed by atoms with Gasteiger partial charge in [0.05, 0.1) is 5.03 Å². The number of allylic oxidation sites excluding steroid dienone is 1. The number of rotatable bonds is 3. The third-order valence-corrected chi connectivity index (χ3v) is 3.46. The van der Waals surface area contributed by atoms with Gasteiger partial charge in [-0.15, -0.1) is 11.8 Å². The minimum Gasteiger partial charge on any atom is -0.337 e. The monoisotopic (exact) mass is 205 g/mol. The highest BCUT2D eigenvalue weighted by Gasteiger charge is 2.13. The van der Waals surface area contributed by atoms with Crippen LogP contribution in [0.3, 0.4) is 0 Å². The van der Waals surface area contributed by atoms with Gasteiger partial charge in [0.25, 0.3) is 0 Å². The smallest absolute Gasteiger partial charge is 0.0711 e. The Morgan fingerprint density at radius 2 is 2.07 bits per heavy atom. The van der Waals surface area contributed by atoms with E-state index in [1.54, 1.807) is 0 Å². The van der Waals surface area contributed by atoms with Crippen LogP contribution in [-0.4, -0.2) is 12.3 Å². The van der Waals surface area contributed by atoms with Crippen molar-refractivity contribution in [3.63, 3.8) is 0 Å². The summed E-state index contributed by atoms with van der Waals surface area (Å²) in [5, 5.41) is 1.42. The molecule has 1 aliphatic heterocycles. The summed E-state index contributed by atoms with van der Waals surface area (Å²) < 4.78 is 0. The van der Waals surface area contributed by atoms with Crippen molar-refractivity contribution in [1.29, 1.82) is 0 Å². The molecule has 0 saturated heterocycles. The lowest BCUT2D eigenvalue weighted by atomic mass is 10.3. The first-order valence-electron chi connectivity index (χ1n) is 5.07. The lowest BCUT2D eigenvalue weighted by molar-refractivity contribution is 1.00. The molecule has 14 heavy (non-hydrogen) atoms. The Hall–Kier alpha value is -0.890. The molecule has 2 rings (SSSR count). The number of anilines is 1. The van der Waals surface area contributed by atoms with Crippen LogP contribution in [0.25, 0.3) is 0 Å². The molecule has 0 radical (unpaired) electrons. The van der Waals surface area contributed by atoms with Crippen LogP contribution in [0.15, 0.2) is 41.4 Å². The van der Waals surface area contributed by atoms with Crippen molar-refractivity contribution >= 4 is 17.4 Å². The molecule has 1 aromatic carbocycles. The first-order valence-corrected chi connectivity index (χ1v) is 6.06. The predicted octanol–water partition coefficient (Wildman–Crippen LogP) is 3.49. The van der Waals surface area contributed by atoms with E-state index in [-0.39, 0.29) is 0 Å². The Labute approximate surface area is 89.8 Å². The second-order valence-electron chi connectivity index (χ2n) is 3.26. The van der Waals surface area contributed by atoms with E-state index in [9.17, 15) is 0 Å². The number of hydrogen-bond donors (Lipinski definition) is 0. The largest absolute Gasteiger partial charge is 0.337 e. The Kier molecular flexibility index (Phi) is 3.14. The fourth-order valence-corrected chi connectivity index (χ4v) is 2.74. The maximum Gasteiger partial charge on any atom is 0.0711 e. The molecule has 0 saturated carbocycles. The average Bonchev–Trinajstić information content (AvgIpc) is 2.74. The lowest BCUT2D eigenvalue weighted by Crippen LogP contribution is -2.19. The van der Waals surface area contributed by atoms with E-state index < -0.39 is 0 Å². The SMILES string of the molecule is CCN(C1=CCCS1)c1ccccc1. The zero-order chi connectivity index (χ0) is 9.80. The Balaban J connectivity index is 2.21. The summed E-state index contributed by atoms with van der Waals surface area (Å²) in [6.07, 6.45) is 3.55. The van der Waals surface area contributed by atoms with Gasteiger partial charge in [0.2, 0.25) is 0 Å². The van der Waals surface area contributed by atoms with E-state index in [1.165, 1.54) is 22.9 Å². The number of hydrogen-bond acceptors (Lipinski definition) is 2. The van der Waals surface area contributed by atoms with Crippen LogP contribution in [0, 0.1) is 0 Å². The highest BCUT2D eigenvalue weighted by atomic mass is 32.2. The second-order valence-corrected chi connectivity index (χ2v) is 4.37. The normalized spacial score (nSPS) is 15.4. The maximum atomic E-state index is 2.37. The standard InChI is InChI=1S/C12H15NS/c1-2-13(12-9-6-10-14-12)11-7-4-3-5-8-11/h3-5,7-9H,2,6,10H2,1H3. The van der Waals surface area contributed by atoms with Gasteiger partial charge in [-0.2, -0.15) is 0 Å². The summed E-state index contributed by atoms with van der Waals surface area (Å²) in [5.74, 6) is 1.23. The van der Waals surface area contributed by atoms with Crippen LogP contribution in [0.1, 0.15) is 13.3 Å². The van der Waals surface area contributed by atoms with Gasteiger partial charge in [0, 0.05) is 18.0 Å². The molecule has 0 unspecified atom stereocenters. The zero-order valence-electron chi connectivity index (χ0n) is 8.44. The van der Waals surface area contributed by atoms with Crippen LogP contribution >= 0.6 is 11.8 Å². The van der Waals surface area contributed by atoms with Gasteiger partial charge >= 0.3 is 0 Å². The highest BCUT2D eigenvalue weighted by molar-refractivity contribution is 8.03. The van der Waals surface area contributed by atoms with E-state index in [0.717, 1.165) is 6.54 Å². The van der Waals surface area contributed by atoms with Crippen molar-refractivity contribution in [3.05, 3.63) is 41.4 Å². The molecule has 0 spiro atoms. The topological polar surface area (TPSA) is 3.24 Å².